The van der Waals surface area contributed by atoms with Gasteiger partial charge in [-0.1, -0.05) is 12.1 Å². The Morgan fingerprint density at radius 1 is 1.28 bits per heavy atom. The maximum atomic E-state index is 11.2. The van der Waals surface area contributed by atoms with Gasteiger partial charge in [-0.2, -0.15) is 0 Å². The van der Waals surface area contributed by atoms with Crippen LogP contribution in [0.3, 0.4) is 0 Å². The second-order valence-corrected chi connectivity index (χ2v) is 7.97. The Kier molecular flexibility index (Phi) is 4.49. The molecule has 0 saturated carbocycles. The zero-order valence-corrected chi connectivity index (χ0v) is 15.7. The number of anilines is 1. The summed E-state index contributed by atoms with van der Waals surface area (Å²) in [6, 6.07) is 8.19. The molecule has 2 saturated heterocycles. The first-order valence-electron chi connectivity index (χ1n) is 8.77. The van der Waals surface area contributed by atoms with Crippen LogP contribution in [-0.2, 0) is 9.31 Å². The van der Waals surface area contributed by atoms with Gasteiger partial charge in [0.15, 0.2) is 0 Å². The van der Waals surface area contributed by atoms with E-state index in [4.69, 9.17) is 14.4 Å². The minimum absolute atomic E-state index is 0.0259. The van der Waals surface area contributed by atoms with Gasteiger partial charge in [0.2, 0.25) is 0 Å². The van der Waals surface area contributed by atoms with Crippen molar-refractivity contribution < 1.29 is 19.2 Å². The molecule has 7 heteroatoms. The lowest BCUT2D eigenvalue weighted by molar-refractivity contribution is 0.00578. The van der Waals surface area contributed by atoms with Crippen LogP contribution in [0.5, 0.6) is 0 Å². The van der Waals surface area contributed by atoms with Crippen molar-refractivity contribution in [2.75, 3.05) is 25.0 Å². The van der Waals surface area contributed by atoms with Gasteiger partial charge in [-0.3, -0.25) is 0 Å². The lowest BCUT2D eigenvalue weighted by Crippen LogP contribution is -2.41. The van der Waals surface area contributed by atoms with E-state index in [0.717, 1.165) is 24.1 Å². The SMILES string of the molecule is CN(C(=O)O)C1CCN(c2cccc(B3OC(C)(C)C(C)(C)O3)c2)C1. The smallest absolute Gasteiger partial charge is 0.465 e. The Labute approximate surface area is 149 Å². The topological polar surface area (TPSA) is 62.2 Å². The second kappa shape index (κ2) is 6.22. The molecular formula is C18H27BN2O4. The highest BCUT2D eigenvalue weighted by Crippen LogP contribution is 2.36. The summed E-state index contributed by atoms with van der Waals surface area (Å²) in [6.45, 7) is 9.73. The molecule has 6 nitrogen and oxygen atoms in total. The number of carboxylic acid groups (broad SMARTS) is 1. The van der Waals surface area contributed by atoms with E-state index in [1.165, 1.54) is 4.90 Å². The fourth-order valence-electron chi connectivity index (χ4n) is 3.30. The molecule has 0 aromatic heterocycles. The Hall–Kier alpha value is -1.73. The number of likely N-dealkylation sites (N-methyl/N-ethyl adjacent to an activating group) is 1. The monoisotopic (exact) mass is 346 g/mol. The fraction of sp³-hybridized carbons (Fsp3) is 0.611. The van der Waals surface area contributed by atoms with Gasteiger partial charge < -0.3 is 24.2 Å². The summed E-state index contributed by atoms with van der Waals surface area (Å²) >= 11 is 0. The Morgan fingerprint density at radius 3 is 2.52 bits per heavy atom. The molecule has 1 atom stereocenters. The minimum atomic E-state index is -0.877. The van der Waals surface area contributed by atoms with Crippen molar-refractivity contribution >= 4 is 24.4 Å². The molecule has 3 rings (SSSR count). The lowest BCUT2D eigenvalue weighted by atomic mass is 9.79. The maximum Gasteiger partial charge on any atom is 0.494 e. The number of benzene rings is 1. The number of amides is 1. The van der Waals surface area contributed by atoms with Gasteiger partial charge in [0.05, 0.1) is 17.2 Å². The highest BCUT2D eigenvalue weighted by molar-refractivity contribution is 6.62. The van der Waals surface area contributed by atoms with E-state index >= 15 is 0 Å². The largest absolute Gasteiger partial charge is 0.494 e. The molecule has 1 aromatic rings. The zero-order chi connectivity index (χ0) is 18.4. The average molecular weight is 346 g/mol. The maximum absolute atomic E-state index is 11.2. The van der Waals surface area contributed by atoms with E-state index < -0.39 is 6.09 Å². The number of hydrogen-bond donors (Lipinski definition) is 1. The molecule has 0 spiro atoms. The molecule has 0 radical (unpaired) electrons. The summed E-state index contributed by atoms with van der Waals surface area (Å²) in [5.41, 5.74) is 1.34. The highest BCUT2D eigenvalue weighted by atomic mass is 16.7. The highest BCUT2D eigenvalue weighted by Gasteiger charge is 2.51. The van der Waals surface area contributed by atoms with E-state index in [-0.39, 0.29) is 24.4 Å². The molecule has 136 valence electrons. The summed E-state index contributed by atoms with van der Waals surface area (Å²) in [6.07, 6.45) is -0.0402. The van der Waals surface area contributed by atoms with Crippen molar-refractivity contribution in [3.8, 4) is 0 Å². The third-order valence-corrected chi connectivity index (χ3v) is 5.77. The number of rotatable bonds is 3. The molecule has 2 aliphatic rings. The van der Waals surface area contributed by atoms with Crippen LogP contribution in [0.25, 0.3) is 0 Å². The van der Waals surface area contributed by atoms with Crippen LogP contribution in [0.4, 0.5) is 10.5 Å². The standard InChI is InChI=1S/C18H27BN2O4/c1-17(2)18(3,4)25-19(24-17)13-7-6-8-14(11-13)21-10-9-15(12-21)20(5)16(22)23/h6-8,11,15H,9-10,12H2,1-5H3,(H,22,23). The first-order chi connectivity index (χ1) is 11.6. The van der Waals surface area contributed by atoms with Crippen LogP contribution in [0.1, 0.15) is 34.1 Å². The van der Waals surface area contributed by atoms with E-state index in [9.17, 15) is 4.79 Å². The van der Waals surface area contributed by atoms with Gasteiger partial charge in [-0.15, -0.1) is 0 Å². The molecule has 1 unspecified atom stereocenters. The predicted octanol–water partition coefficient (Wildman–Crippen LogP) is 2.17. The van der Waals surface area contributed by atoms with Crippen molar-refractivity contribution in [1.29, 1.82) is 0 Å². The van der Waals surface area contributed by atoms with Crippen molar-refractivity contribution in [1.82, 2.24) is 4.90 Å². The van der Waals surface area contributed by atoms with E-state index in [1.54, 1.807) is 7.05 Å². The molecule has 2 fully saturated rings. The average Bonchev–Trinajstić information content (AvgIpc) is 3.10. The molecule has 0 aliphatic carbocycles. The zero-order valence-electron chi connectivity index (χ0n) is 15.7. The molecule has 25 heavy (non-hydrogen) atoms. The van der Waals surface area contributed by atoms with Crippen LogP contribution >= 0.6 is 0 Å². The van der Waals surface area contributed by atoms with Gasteiger partial charge in [0.25, 0.3) is 0 Å². The predicted molar refractivity (Wildman–Crippen MR) is 98.6 cm³/mol. The molecule has 1 amide bonds. The molecular weight excluding hydrogens is 319 g/mol. The molecule has 2 heterocycles. The second-order valence-electron chi connectivity index (χ2n) is 7.97. The van der Waals surface area contributed by atoms with Gasteiger partial charge in [0, 0.05) is 25.8 Å². The van der Waals surface area contributed by atoms with Gasteiger partial charge in [-0.25, -0.2) is 4.79 Å². The minimum Gasteiger partial charge on any atom is -0.465 e. The molecule has 2 aliphatic heterocycles. The summed E-state index contributed by atoms with van der Waals surface area (Å²) in [5.74, 6) is 0. The Morgan fingerprint density at radius 2 is 1.92 bits per heavy atom. The van der Waals surface area contributed by atoms with Gasteiger partial charge >= 0.3 is 13.2 Å². The Balaban J connectivity index is 1.74. The molecule has 1 aromatic carbocycles. The first kappa shape index (κ1) is 18.1. The van der Waals surface area contributed by atoms with Crippen LogP contribution in [0.2, 0.25) is 0 Å². The summed E-state index contributed by atoms with van der Waals surface area (Å²) < 4.78 is 12.3. The summed E-state index contributed by atoms with van der Waals surface area (Å²) in [7, 11) is 1.25. The summed E-state index contributed by atoms with van der Waals surface area (Å²) in [4.78, 5) is 14.8. The fourth-order valence-corrected chi connectivity index (χ4v) is 3.30. The van der Waals surface area contributed by atoms with Gasteiger partial charge in [0.1, 0.15) is 0 Å². The first-order valence-corrected chi connectivity index (χ1v) is 8.77. The third kappa shape index (κ3) is 3.35. The van der Waals surface area contributed by atoms with E-state index in [1.807, 2.05) is 39.8 Å². The van der Waals surface area contributed by atoms with E-state index in [2.05, 4.69) is 17.0 Å². The lowest BCUT2D eigenvalue weighted by Gasteiger charge is -2.32. The summed E-state index contributed by atoms with van der Waals surface area (Å²) in [5, 5.41) is 9.16. The van der Waals surface area contributed by atoms with Crippen molar-refractivity contribution in [3.63, 3.8) is 0 Å². The number of nitrogens with zero attached hydrogens (tertiary/aromatic N) is 2. The molecule has 0 bridgehead atoms. The molecule has 1 N–H and O–H groups in total. The van der Waals surface area contributed by atoms with Crippen molar-refractivity contribution in [3.05, 3.63) is 24.3 Å². The van der Waals surface area contributed by atoms with E-state index in [0.29, 0.717) is 6.54 Å². The van der Waals surface area contributed by atoms with Crippen LogP contribution in [0, 0.1) is 0 Å². The van der Waals surface area contributed by atoms with Crippen molar-refractivity contribution in [2.45, 2.75) is 51.4 Å². The Bertz CT molecular complexity index is 648. The quantitative estimate of drug-likeness (QED) is 0.850. The van der Waals surface area contributed by atoms with Crippen LogP contribution < -0.4 is 10.4 Å². The number of hydrogen-bond acceptors (Lipinski definition) is 4. The van der Waals surface area contributed by atoms with Crippen LogP contribution in [-0.4, -0.2) is 60.6 Å². The third-order valence-electron chi connectivity index (χ3n) is 5.77. The van der Waals surface area contributed by atoms with Crippen LogP contribution in [0.15, 0.2) is 24.3 Å². The number of carbonyl (C=O) groups is 1. The van der Waals surface area contributed by atoms with Crippen molar-refractivity contribution in [2.24, 2.45) is 0 Å². The normalized spacial score (nSPS) is 24.6. The van der Waals surface area contributed by atoms with Gasteiger partial charge in [-0.05, 0) is 51.7 Å².